The number of aromatic nitrogens is 4. The van der Waals surface area contributed by atoms with E-state index in [9.17, 15) is 19.8 Å². The normalized spacial score (nSPS) is 39.5. The topological polar surface area (TPSA) is 187 Å². The number of ketones is 2. The van der Waals surface area contributed by atoms with Crippen molar-refractivity contribution in [3.63, 3.8) is 0 Å². The van der Waals surface area contributed by atoms with Crippen LogP contribution in [0.1, 0.15) is 176 Å². The van der Waals surface area contributed by atoms with E-state index in [0.29, 0.717) is 63.7 Å². The number of nitriles is 2. The highest BCUT2D eigenvalue weighted by molar-refractivity contribution is 9.09. The SMILES string of the molecule is C.CCOC[C@]12CC[C@@](C)(O)C[C@H]1CC[C@H]1[C@@H]3CC[C@H](C(=O)CBr)[C@@]3(C)CC[C@@H]12.CCOC[C@]12CC[C@@](C)(O)C[C@H]1CC[C@H]1[C@@H]3CC[C@H](C(=O)Cn4cc(C#N)cn4)[C@@]3(C)CC[C@@H]12.F.FF.FF.N#Cc1cn[nH]c1. The minimum Gasteiger partial charge on any atom is -0.390 e. The second kappa shape index (κ2) is 27.0. The van der Waals surface area contributed by atoms with E-state index >= 15 is 0 Å². The summed E-state index contributed by atoms with van der Waals surface area (Å²) in [6, 6.07) is 4.01. The van der Waals surface area contributed by atoms with E-state index in [1.54, 1.807) is 17.1 Å². The van der Waals surface area contributed by atoms with Gasteiger partial charge in [-0.1, -0.05) is 37.2 Å². The van der Waals surface area contributed by atoms with Crippen LogP contribution in [0, 0.1) is 104 Å². The number of alkyl halides is 1. The van der Waals surface area contributed by atoms with Gasteiger partial charge in [-0.2, -0.15) is 20.7 Å². The molecule has 8 fully saturated rings. The summed E-state index contributed by atoms with van der Waals surface area (Å²) in [6.45, 7) is 16.6. The number of Topliss-reactive ketones (excluding diaryl/α,β-unsaturated/α-hetero) is 2. The van der Waals surface area contributed by atoms with Gasteiger partial charge in [-0.25, -0.2) is 0 Å². The van der Waals surface area contributed by atoms with E-state index in [0.717, 1.165) is 96.6 Å². The lowest BCUT2D eigenvalue weighted by Gasteiger charge is -2.62. The molecule has 2 heterocycles. The maximum Gasteiger partial charge on any atom is 0.157 e. The summed E-state index contributed by atoms with van der Waals surface area (Å²) in [5, 5.41) is 49.6. The lowest BCUT2D eigenvalue weighted by molar-refractivity contribution is -0.178. The number of fused-ring (bicyclic) bond motifs is 10. The molecule has 3 N–H and O–H groups in total. The molecule has 75 heavy (non-hydrogen) atoms. The Hall–Kier alpha value is -3.29. The van der Waals surface area contributed by atoms with Crippen molar-refractivity contribution in [3.05, 3.63) is 35.9 Å². The van der Waals surface area contributed by atoms with Gasteiger partial charge in [0, 0.05) is 55.7 Å². The number of rotatable bonds is 11. The Morgan fingerprint density at radius 2 is 1.16 bits per heavy atom. The third kappa shape index (κ3) is 12.9. The zero-order valence-electron chi connectivity index (χ0n) is 44.6. The van der Waals surface area contributed by atoms with Crippen LogP contribution in [0.5, 0.6) is 0 Å². The van der Waals surface area contributed by atoms with Crippen molar-refractivity contribution in [2.24, 2.45) is 80.8 Å². The largest absolute Gasteiger partial charge is 0.390 e. The van der Waals surface area contributed by atoms with Crippen molar-refractivity contribution in [2.45, 2.75) is 182 Å². The van der Waals surface area contributed by atoms with E-state index in [1.165, 1.54) is 63.8 Å². The van der Waals surface area contributed by atoms with Crippen LogP contribution in [0.25, 0.3) is 0 Å². The minimum atomic E-state index is -0.542. The standard InChI is InChI=1S/C28H41N3O3.C24H39BrO3.C4H3N3.CH4.2F2.FH/c1-4-34-18-28-12-11-26(2,33)13-20(28)5-6-21-22-7-8-24(27(22,3)10-9-23(21)28)25(32)17-31-16-19(14-29)15-30-31;1-4-28-15-24-12-11-22(2,27)13-16(24)5-6-17-18-7-8-20(21(26)14-25)23(18,3)10-9-19(17)24;5-1-4-2-6-7-3-4;;2*1-2;/h15-16,20-24,33H,4-13,17-18H2,1-3H3;16-20,27H,4-15H2,1-3H3;2-3H,(H,6,7);1H4;;;1H/t20-,21+,22+,23+,24-,26-,27+,28-;16-,17+,18+,19+,20-,22-,23+,24-;;;;;/m11...../s1. The Kier molecular flexibility index (Phi) is 23.2. The number of carbonyl (C=O) groups is 2. The van der Waals surface area contributed by atoms with Crippen molar-refractivity contribution < 1.29 is 52.3 Å². The van der Waals surface area contributed by atoms with E-state index in [-0.39, 0.29) is 58.0 Å². The first-order chi connectivity index (χ1) is 34.9. The van der Waals surface area contributed by atoms with Crippen LogP contribution in [0.3, 0.4) is 0 Å². The molecule has 0 aliphatic heterocycles. The molecule has 2 aromatic heterocycles. The van der Waals surface area contributed by atoms with Crippen molar-refractivity contribution >= 4 is 27.5 Å². The smallest absolute Gasteiger partial charge is 0.157 e. The first-order valence-electron chi connectivity index (χ1n) is 27.2. The molecule has 0 amide bonds. The Labute approximate surface area is 451 Å². The van der Waals surface area contributed by atoms with Crippen molar-refractivity contribution in [1.82, 2.24) is 20.0 Å². The summed E-state index contributed by atoms with van der Waals surface area (Å²) >= 11 is 3.44. The lowest BCUT2D eigenvalue weighted by atomic mass is 9.43. The van der Waals surface area contributed by atoms with Crippen molar-refractivity contribution in [2.75, 3.05) is 31.8 Å². The molecule has 8 aliphatic carbocycles. The number of carbonyl (C=O) groups excluding carboxylic acids is 2. The fourth-order valence-corrected chi connectivity index (χ4v) is 18.2. The molecule has 0 saturated heterocycles. The van der Waals surface area contributed by atoms with Crippen molar-refractivity contribution in [3.8, 4) is 12.1 Å². The molecule has 12 nitrogen and oxygen atoms in total. The summed E-state index contributed by atoms with van der Waals surface area (Å²) in [5.41, 5.74) is 0.727. The highest BCUT2D eigenvalue weighted by Crippen LogP contribution is 2.70. The molecule has 16 atom stereocenters. The van der Waals surface area contributed by atoms with Gasteiger partial charge in [-0.15, -0.1) is 0 Å². The molecular weight excluding hydrogens is 1040 g/mol. The summed E-state index contributed by atoms with van der Waals surface area (Å²) in [5.74, 6) is 6.23. The first-order valence-corrected chi connectivity index (χ1v) is 28.4. The van der Waals surface area contributed by atoms with Gasteiger partial charge in [0.2, 0.25) is 0 Å². The number of hydrogen-bond donors (Lipinski definition) is 3. The molecule has 424 valence electrons. The second-order valence-corrected chi connectivity index (χ2v) is 25.1. The van der Waals surface area contributed by atoms with Gasteiger partial charge >= 0.3 is 0 Å². The van der Waals surface area contributed by atoms with Gasteiger partial charge in [0.05, 0.1) is 59.8 Å². The molecule has 0 spiro atoms. The monoisotopic (exact) mass is 1130 g/mol. The van der Waals surface area contributed by atoms with Gasteiger partial charge in [-0.05, 0) is 212 Å². The molecule has 0 aromatic carbocycles. The Bertz CT molecular complexity index is 2210. The average molecular weight is 1130 g/mol. The highest BCUT2D eigenvalue weighted by Gasteiger charge is 2.65. The minimum absolute atomic E-state index is 0. The molecule has 0 unspecified atom stereocenters. The summed E-state index contributed by atoms with van der Waals surface area (Å²) in [7, 11) is 0. The van der Waals surface area contributed by atoms with Gasteiger partial charge in [-0.3, -0.25) is 24.1 Å². The van der Waals surface area contributed by atoms with Gasteiger partial charge in [0.25, 0.3) is 0 Å². The zero-order valence-corrected chi connectivity index (χ0v) is 46.2. The number of nitrogens with one attached hydrogen (secondary N) is 1. The van der Waals surface area contributed by atoms with Crippen LogP contribution >= 0.6 is 15.9 Å². The number of H-pyrrole nitrogens is 1. The fraction of sp³-hybridized carbons (Fsp3) is 0.825. The second-order valence-electron chi connectivity index (χ2n) is 24.5. The number of aliphatic hydroxyl groups is 2. The number of halogens is 6. The quantitative estimate of drug-likeness (QED) is 0.144. The van der Waals surface area contributed by atoms with Crippen LogP contribution in [-0.4, -0.2) is 84.7 Å². The van der Waals surface area contributed by atoms with E-state index in [1.807, 2.05) is 19.9 Å². The molecular formula is C57H88BrF5N6O6. The summed E-state index contributed by atoms with van der Waals surface area (Å²) in [6.07, 6.45) is 26.1. The molecule has 8 aliphatic rings. The molecule has 0 bridgehead atoms. The van der Waals surface area contributed by atoms with Crippen LogP contribution < -0.4 is 0 Å². The molecule has 8 saturated carbocycles. The number of hydrogen-bond acceptors (Lipinski definition) is 10. The lowest BCUT2D eigenvalue weighted by Crippen LogP contribution is -2.58. The number of aromatic amines is 1. The number of nitrogens with zero attached hydrogens (tertiary/aromatic N) is 5. The molecule has 0 radical (unpaired) electrons. The predicted octanol–water partition coefficient (Wildman–Crippen LogP) is 12.9. The predicted molar refractivity (Wildman–Crippen MR) is 281 cm³/mol. The molecule has 18 heteroatoms. The fourth-order valence-electron chi connectivity index (χ4n) is 17.9. The van der Waals surface area contributed by atoms with E-state index in [2.05, 4.69) is 65.0 Å². The van der Waals surface area contributed by atoms with Crippen LogP contribution in [-0.2, 0) is 25.6 Å². The van der Waals surface area contributed by atoms with Crippen molar-refractivity contribution in [1.29, 1.82) is 10.5 Å². The van der Waals surface area contributed by atoms with E-state index < -0.39 is 11.2 Å². The summed E-state index contributed by atoms with van der Waals surface area (Å²) < 4.78 is 45.9. The maximum atomic E-state index is 13.4. The highest BCUT2D eigenvalue weighted by atomic mass is 79.9. The molecule has 2 aromatic rings. The van der Waals surface area contributed by atoms with Crippen LogP contribution in [0.2, 0.25) is 0 Å². The third-order valence-corrected chi connectivity index (χ3v) is 21.6. The van der Waals surface area contributed by atoms with Crippen LogP contribution in [0.4, 0.5) is 23.0 Å². The van der Waals surface area contributed by atoms with E-state index in [4.69, 9.17) is 38.3 Å². The van der Waals surface area contributed by atoms with Crippen LogP contribution in [0.15, 0.2) is 24.8 Å². The Morgan fingerprint density at radius 1 is 0.693 bits per heavy atom. The maximum absolute atomic E-state index is 13.4. The molecule has 10 rings (SSSR count). The van der Waals surface area contributed by atoms with Gasteiger partial charge in [0.15, 0.2) is 5.78 Å². The summed E-state index contributed by atoms with van der Waals surface area (Å²) in [4.78, 5) is 26.1. The zero-order chi connectivity index (χ0) is 53.4. The van der Waals surface area contributed by atoms with Gasteiger partial charge < -0.3 is 19.7 Å². The Morgan fingerprint density at radius 3 is 1.55 bits per heavy atom. The van der Waals surface area contributed by atoms with Gasteiger partial charge in [0.1, 0.15) is 17.9 Å². The average Bonchev–Trinajstić information content (AvgIpc) is 4.22. The number of ether oxygens (including phenoxy) is 2. The first kappa shape index (κ1) is 64.2. The Balaban J connectivity index is 0.000000268. The third-order valence-electron chi connectivity index (χ3n) is 21.1.